The smallest absolute Gasteiger partial charge is 0.407 e. The Labute approximate surface area is 184 Å². The maximum Gasteiger partial charge on any atom is 0.407 e. The lowest BCUT2D eigenvalue weighted by molar-refractivity contribution is 0.124. The van der Waals surface area contributed by atoms with E-state index in [0.717, 1.165) is 42.9 Å². The van der Waals surface area contributed by atoms with Crippen LogP contribution in [0.3, 0.4) is 0 Å². The molecule has 0 aliphatic heterocycles. The molecule has 1 fully saturated rings. The summed E-state index contributed by atoms with van der Waals surface area (Å²) in [4.78, 5) is 12.6. The fraction of sp³-hybridized carbons (Fsp3) is 0.400. The number of amides is 1. The number of hydrogen-bond acceptors (Lipinski definition) is 1. The van der Waals surface area contributed by atoms with Gasteiger partial charge in [-0.3, -0.25) is 4.48 Å². The van der Waals surface area contributed by atoms with Gasteiger partial charge in [-0.25, -0.2) is 4.79 Å². The minimum Gasteiger partial charge on any atom is -0.465 e. The standard InChI is InChI=1S/C25H29ClN2O2/c1-4-17-28(3,24-15-11-22(26)12-16-24)18-19-5-7-20(8-6-19)21-9-13-23(14-10-21)27(2)25(29)30/h1,5-8,11-12,15-16,21,23H,9-10,13-14,17-18H2,2-3H3/p+1. The predicted molar refractivity (Wildman–Crippen MR) is 124 cm³/mol. The van der Waals surface area contributed by atoms with Crippen LogP contribution in [0.2, 0.25) is 5.02 Å². The van der Waals surface area contributed by atoms with Crippen LogP contribution in [0.5, 0.6) is 0 Å². The molecule has 0 bridgehead atoms. The molecule has 4 nitrogen and oxygen atoms in total. The maximum atomic E-state index is 11.2. The summed E-state index contributed by atoms with van der Waals surface area (Å²) in [7, 11) is 3.82. The van der Waals surface area contributed by atoms with Gasteiger partial charge in [-0.2, -0.15) is 0 Å². The third-order valence-electron chi connectivity index (χ3n) is 6.42. The molecule has 0 heterocycles. The number of benzene rings is 2. The van der Waals surface area contributed by atoms with E-state index in [4.69, 9.17) is 18.0 Å². The number of terminal acetylenes is 1. The molecular weight excluding hydrogens is 396 g/mol. The fourth-order valence-corrected chi connectivity index (χ4v) is 4.62. The number of hydrogen-bond donors (Lipinski definition) is 1. The van der Waals surface area contributed by atoms with Gasteiger partial charge in [0.25, 0.3) is 0 Å². The highest BCUT2D eigenvalue weighted by atomic mass is 35.5. The molecule has 1 N–H and O–H groups in total. The monoisotopic (exact) mass is 425 g/mol. The van der Waals surface area contributed by atoms with Gasteiger partial charge in [0.05, 0.1) is 7.05 Å². The third kappa shape index (κ3) is 5.16. The van der Waals surface area contributed by atoms with Crippen LogP contribution in [0.4, 0.5) is 10.5 Å². The van der Waals surface area contributed by atoms with Crippen molar-refractivity contribution in [2.75, 3.05) is 20.6 Å². The van der Waals surface area contributed by atoms with E-state index < -0.39 is 6.09 Å². The molecule has 0 saturated heterocycles. The fourth-order valence-electron chi connectivity index (χ4n) is 4.49. The van der Waals surface area contributed by atoms with Crippen molar-refractivity contribution in [1.29, 1.82) is 0 Å². The van der Waals surface area contributed by atoms with Crippen molar-refractivity contribution in [3.05, 3.63) is 64.7 Å². The van der Waals surface area contributed by atoms with Crippen LogP contribution in [0.15, 0.2) is 48.5 Å². The molecule has 158 valence electrons. The maximum absolute atomic E-state index is 11.2. The van der Waals surface area contributed by atoms with Crippen LogP contribution in [0.1, 0.15) is 42.7 Å². The number of halogens is 1. The second kappa shape index (κ2) is 9.55. The number of quaternary nitrogens is 1. The van der Waals surface area contributed by atoms with Gasteiger partial charge < -0.3 is 10.0 Å². The van der Waals surface area contributed by atoms with Gasteiger partial charge in [0.2, 0.25) is 0 Å². The second-order valence-electron chi connectivity index (χ2n) is 8.53. The molecule has 0 spiro atoms. The van der Waals surface area contributed by atoms with E-state index in [9.17, 15) is 9.90 Å². The zero-order chi connectivity index (χ0) is 21.7. The molecule has 5 heteroatoms. The first-order valence-electron chi connectivity index (χ1n) is 10.4. The number of carboxylic acid groups (broad SMARTS) is 1. The summed E-state index contributed by atoms with van der Waals surface area (Å²) in [5.74, 6) is 3.32. The van der Waals surface area contributed by atoms with E-state index in [-0.39, 0.29) is 6.04 Å². The van der Waals surface area contributed by atoms with E-state index in [1.807, 2.05) is 24.3 Å². The molecule has 0 radical (unpaired) electrons. The zero-order valence-corrected chi connectivity index (χ0v) is 18.5. The van der Waals surface area contributed by atoms with Crippen molar-refractivity contribution in [2.24, 2.45) is 0 Å². The summed E-state index contributed by atoms with van der Waals surface area (Å²) in [6, 6.07) is 16.9. The molecule has 1 unspecified atom stereocenters. The number of carbonyl (C=O) groups is 1. The van der Waals surface area contributed by atoms with E-state index in [1.165, 1.54) is 16.0 Å². The van der Waals surface area contributed by atoms with Crippen LogP contribution in [0.25, 0.3) is 0 Å². The highest BCUT2D eigenvalue weighted by Crippen LogP contribution is 2.35. The Morgan fingerprint density at radius 1 is 1.13 bits per heavy atom. The molecule has 0 aromatic heterocycles. The molecule has 1 aliphatic carbocycles. The second-order valence-corrected chi connectivity index (χ2v) is 8.97. The van der Waals surface area contributed by atoms with Crippen molar-refractivity contribution < 1.29 is 9.90 Å². The molecule has 3 rings (SSSR count). The summed E-state index contributed by atoms with van der Waals surface area (Å²) in [6.07, 6.45) is 8.73. The Hall–Kier alpha value is -2.48. The van der Waals surface area contributed by atoms with E-state index in [2.05, 4.69) is 37.2 Å². The quantitative estimate of drug-likeness (QED) is 0.473. The lowest BCUT2D eigenvalue weighted by Crippen LogP contribution is -2.44. The molecular formula is C25H30ClN2O2+. The molecule has 2 aromatic rings. The van der Waals surface area contributed by atoms with Gasteiger partial charge in [-0.1, -0.05) is 35.9 Å². The average molecular weight is 426 g/mol. The largest absolute Gasteiger partial charge is 0.465 e. The zero-order valence-electron chi connectivity index (χ0n) is 17.7. The molecule has 1 saturated carbocycles. The molecule has 30 heavy (non-hydrogen) atoms. The van der Waals surface area contributed by atoms with Crippen LogP contribution in [-0.4, -0.2) is 42.8 Å². The molecule has 1 aliphatic rings. The normalized spacial score (nSPS) is 20.7. The van der Waals surface area contributed by atoms with Crippen LogP contribution in [-0.2, 0) is 6.54 Å². The summed E-state index contributed by atoms with van der Waals surface area (Å²) in [5.41, 5.74) is 3.72. The van der Waals surface area contributed by atoms with Gasteiger partial charge in [0, 0.05) is 35.8 Å². The highest BCUT2D eigenvalue weighted by molar-refractivity contribution is 6.30. The van der Waals surface area contributed by atoms with Crippen LogP contribution in [0, 0.1) is 12.3 Å². The van der Waals surface area contributed by atoms with Crippen molar-refractivity contribution in [3.8, 4) is 12.3 Å². The van der Waals surface area contributed by atoms with Gasteiger partial charge in [-0.05, 0) is 55.2 Å². The molecule has 2 aromatic carbocycles. The first-order valence-corrected chi connectivity index (χ1v) is 10.8. The SMILES string of the molecule is C#CC[N+](C)(Cc1ccc(C2CCC(N(C)C(=O)O)CC2)cc1)c1ccc(Cl)cc1. The Morgan fingerprint density at radius 3 is 2.27 bits per heavy atom. The summed E-state index contributed by atoms with van der Waals surface area (Å²) in [5, 5.41) is 9.90. The first kappa shape index (κ1) is 22.2. The Balaban J connectivity index is 1.67. The average Bonchev–Trinajstić information content (AvgIpc) is 2.74. The third-order valence-corrected chi connectivity index (χ3v) is 6.67. The number of nitrogens with zero attached hydrogens (tertiary/aromatic N) is 2. The van der Waals surface area contributed by atoms with E-state index in [1.54, 1.807) is 7.05 Å². The minimum absolute atomic E-state index is 0.138. The summed E-state index contributed by atoms with van der Waals surface area (Å²) in [6.45, 7) is 1.41. The van der Waals surface area contributed by atoms with Gasteiger partial charge >= 0.3 is 6.09 Å². The Kier molecular flexibility index (Phi) is 7.07. The first-order chi connectivity index (χ1) is 14.3. The summed E-state index contributed by atoms with van der Waals surface area (Å²) >= 11 is 6.05. The van der Waals surface area contributed by atoms with Crippen LogP contribution >= 0.6 is 11.6 Å². The lowest BCUT2D eigenvalue weighted by atomic mass is 9.81. The van der Waals surface area contributed by atoms with Crippen molar-refractivity contribution in [3.63, 3.8) is 0 Å². The Bertz CT molecular complexity index is 896. The Morgan fingerprint density at radius 2 is 1.73 bits per heavy atom. The number of rotatable bonds is 6. The van der Waals surface area contributed by atoms with Crippen LogP contribution < -0.4 is 4.48 Å². The molecule has 1 atom stereocenters. The molecule has 1 amide bonds. The van der Waals surface area contributed by atoms with E-state index in [0.29, 0.717) is 16.9 Å². The minimum atomic E-state index is -0.836. The van der Waals surface area contributed by atoms with Gasteiger partial charge in [0.15, 0.2) is 0 Å². The van der Waals surface area contributed by atoms with Crippen molar-refractivity contribution in [1.82, 2.24) is 9.38 Å². The van der Waals surface area contributed by atoms with Gasteiger partial charge in [0.1, 0.15) is 18.8 Å². The topological polar surface area (TPSA) is 40.5 Å². The van der Waals surface area contributed by atoms with Crippen molar-refractivity contribution >= 4 is 23.4 Å². The predicted octanol–water partition coefficient (Wildman–Crippen LogP) is 5.75. The van der Waals surface area contributed by atoms with Gasteiger partial charge in [-0.15, -0.1) is 6.42 Å². The van der Waals surface area contributed by atoms with E-state index >= 15 is 0 Å². The van der Waals surface area contributed by atoms with Crippen molar-refractivity contribution in [2.45, 2.75) is 44.2 Å². The summed E-state index contributed by atoms with van der Waals surface area (Å²) < 4.78 is 0.625. The lowest BCUT2D eigenvalue weighted by Gasteiger charge is -2.34. The highest BCUT2D eigenvalue weighted by Gasteiger charge is 2.28.